The van der Waals surface area contributed by atoms with Crippen molar-refractivity contribution in [2.45, 2.75) is 30.2 Å². The molecule has 1 aliphatic rings. The summed E-state index contributed by atoms with van der Waals surface area (Å²) < 4.78 is 35.3. The first kappa shape index (κ1) is 20.9. The number of rotatable bonds is 6. The van der Waals surface area contributed by atoms with E-state index in [9.17, 15) is 8.42 Å². The van der Waals surface area contributed by atoms with Crippen LogP contribution in [0.5, 0.6) is 11.5 Å². The van der Waals surface area contributed by atoms with Crippen molar-refractivity contribution in [3.63, 3.8) is 0 Å². The first-order valence-corrected chi connectivity index (χ1v) is 11.4. The molecule has 0 bridgehead atoms. The Morgan fingerprint density at radius 3 is 2.32 bits per heavy atom. The highest BCUT2D eigenvalue weighted by molar-refractivity contribution is 7.90. The van der Waals surface area contributed by atoms with Crippen molar-refractivity contribution in [3.8, 4) is 11.5 Å². The average Bonchev–Trinajstić information content (AvgIpc) is 2.68. The van der Waals surface area contributed by atoms with Crippen LogP contribution in [0.15, 0.2) is 35.4 Å². The number of nitrogens with zero attached hydrogens (tertiary/aromatic N) is 2. The van der Waals surface area contributed by atoms with E-state index in [1.165, 1.54) is 18.5 Å². The Labute approximate surface area is 171 Å². The maximum absolute atomic E-state index is 12.2. The summed E-state index contributed by atoms with van der Waals surface area (Å²) in [5.41, 5.74) is 1.65. The van der Waals surface area contributed by atoms with Gasteiger partial charge in [0.1, 0.15) is 11.5 Å². The van der Waals surface area contributed by atoms with E-state index in [4.69, 9.17) is 21.1 Å². The van der Waals surface area contributed by atoms with E-state index in [0.717, 1.165) is 43.0 Å². The molecule has 0 radical (unpaired) electrons. The quantitative estimate of drug-likeness (QED) is 0.706. The van der Waals surface area contributed by atoms with Gasteiger partial charge in [0.2, 0.25) is 0 Å². The highest BCUT2D eigenvalue weighted by Crippen LogP contribution is 2.35. The third-order valence-electron chi connectivity index (χ3n) is 5.13. The van der Waals surface area contributed by atoms with Crippen molar-refractivity contribution in [2.75, 3.05) is 33.6 Å². The van der Waals surface area contributed by atoms with Crippen molar-refractivity contribution < 1.29 is 17.9 Å². The number of methoxy groups -OCH3 is 2. The smallest absolute Gasteiger partial charge is 0.177 e. The summed E-state index contributed by atoms with van der Waals surface area (Å²) in [4.78, 5) is 6.93. The summed E-state index contributed by atoms with van der Waals surface area (Å²) in [6.45, 7) is 2.38. The van der Waals surface area contributed by atoms with Crippen LogP contribution in [0.25, 0.3) is 0 Å². The Morgan fingerprint density at radius 2 is 1.79 bits per heavy atom. The van der Waals surface area contributed by atoms with Crippen molar-refractivity contribution in [1.29, 1.82) is 0 Å². The molecule has 8 heteroatoms. The van der Waals surface area contributed by atoms with Gasteiger partial charge in [-0.3, -0.25) is 9.88 Å². The Hall–Kier alpha value is -1.83. The van der Waals surface area contributed by atoms with Gasteiger partial charge in [-0.05, 0) is 44.1 Å². The molecule has 6 nitrogen and oxygen atoms in total. The fourth-order valence-electron chi connectivity index (χ4n) is 3.71. The van der Waals surface area contributed by atoms with Crippen molar-refractivity contribution in [3.05, 3.63) is 46.7 Å². The second-order valence-corrected chi connectivity index (χ2v) is 9.42. The lowest BCUT2D eigenvalue weighted by atomic mass is 9.92. The third kappa shape index (κ3) is 4.59. The predicted octanol–water partition coefficient (Wildman–Crippen LogP) is 3.54. The first-order chi connectivity index (χ1) is 13.3. The van der Waals surface area contributed by atoms with E-state index < -0.39 is 9.84 Å². The Balaban J connectivity index is 1.75. The second kappa shape index (κ2) is 8.68. The Kier molecular flexibility index (Phi) is 6.47. The molecule has 0 aliphatic carbocycles. The lowest BCUT2D eigenvalue weighted by Gasteiger charge is -2.32. The Bertz CT molecular complexity index is 919. The largest absolute Gasteiger partial charge is 0.496 e. The summed E-state index contributed by atoms with van der Waals surface area (Å²) in [5.74, 6) is 1.71. The van der Waals surface area contributed by atoms with Gasteiger partial charge in [0.15, 0.2) is 9.84 Å². The van der Waals surface area contributed by atoms with Gasteiger partial charge in [-0.15, -0.1) is 0 Å². The molecule has 0 saturated carbocycles. The lowest BCUT2D eigenvalue weighted by molar-refractivity contribution is 0.197. The molecule has 2 heterocycles. The number of likely N-dealkylation sites (tertiary alicyclic amines) is 1. The molecule has 1 saturated heterocycles. The highest BCUT2D eigenvalue weighted by Gasteiger charge is 2.27. The molecule has 1 aromatic carbocycles. The lowest BCUT2D eigenvalue weighted by Crippen LogP contribution is -2.33. The predicted molar refractivity (Wildman–Crippen MR) is 109 cm³/mol. The van der Waals surface area contributed by atoms with Crippen LogP contribution in [0.4, 0.5) is 0 Å². The van der Waals surface area contributed by atoms with Crippen LogP contribution in [-0.4, -0.2) is 51.9 Å². The molecule has 0 N–H and O–H groups in total. The van der Waals surface area contributed by atoms with Crippen LogP contribution in [0, 0.1) is 0 Å². The SMILES string of the molecule is COc1cccc(OC)c1CN1CCC(c2ncc(Cl)cc2S(C)(=O)=O)CC1. The van der Waals surface area contributed by atoms with Crippen LogP contribution in [0.1, 0.15) is 30.0 Å². The van der Waals surface area contributed by atoms with E-state index >= 15 is 0 Å². The summed E-state index contributed by atoms with van der Waals surface area (Å²) in [7, 11) is -0.0667. The summed E-state index contributed by atoms with van der Waals surface area (Å²) in [5, 5.41) is 0.338. The van der Waals surface area contributed by atoms with Gasteiger partial charge in [0, 0.05) is 24.9 Å². The Morgan fingerprint density at radius 1 is 1.18 bits per heavy atom. The van der Waals surface area contributed by atoms with Crippen molar-refractivity contribution in [1.82, 2.24) is 9.88 Å². The molecule has 0 unspecified atom stereocenters. The minimum atomic E-state index is -3.38. The van der Waals surface area contributed by atoms with Crippen LogP contribution in [-0.2, 0) is 16.4 Å². The molecule has 0 atom stereocenters. The van der Waals surface area contributed by atoms with Gasteiger partial charge in [-0.1, -0.05) is 17.7 Å². The summed E-state index contributed by atoms with van der Waals surface area (Å²) in [6, 6.07) is 7.28. The van der Waals surface area contributed by atoms with Gasteiger partial charge in [0.25, 0.3) is 0 Å². The van der Waals surface area contributed by atoms with Gasteiger partial charge in [-0.25, -0.2) is 8.42 Å². The number of hydrogen-bond acceptors (Lipinski definition) is 6. The topological polar surface area (TPSA) is 68.7 Å². The summed E-state index contributed by atoms with van der Waals surface area (Å²) in [6.07, 6.45) is 4.38. The molecule has 152 valence electrons. The normalized spacial score (nSPS) is 16.1. The monoisotopic (exact) mass is 424 g/mol. The molecule has 28 heavy (non-hydrogen) atoms. The maximum Gasteiger partial charge on any atom is 0.177 e. The number of aromatic nitrogens is 1. The van der Waals surface area contributed by atoms with Crippen molar-refractivity contribution in [2.24, 2.45) is 0 Å². The molecule has 1 aromatic heterocycles. The van der Waals surface area contributed by atoms with E-state index in [1.807, 2.05) is 18.2 Å². The second-order valence-electron chi connectivity index (χ2n) is 7.00. The van der Waals surface area contributed by atoms with E-state index in [0.29, 0.717) is 17.3 Å². The molecular weight excluding hydrogens is 400 g/mol. The van der Waals surface area contributed by atoms with E-state index in [-0.39, 0.29) is 10.8 Å². The molecule has 1 fully saturated rings. The standard InChI is InChI=1S/C20H25ClN2O4S/c1-26-17-5-4-6-18(27-2)16(17)13-23-9-7-14(8-10-23)20-19(28(3,24)25)11-15(21)12-22-20/h4-6,11-12,14H,7-10,13H2,1-3H3. The number of piperidine rings is 1. The molecule has 1 aliphatic heterocycles. The molecule has 2 aromatic rings. The zero-order chi connectivity index (χ0) is 20.3. The molecule has 3 rings (SSSR count). The van der Waals surface area contributed by atoms with Gasteiger partial charge < -0.3 is 9.47 Å². The average molecular weight is 425 g/mol. The van der Waals surface area contributed by atoms with Crippen LogP contribution < -0.4 is 9.47 Å². The van der Waals surface area contributed by atoms with Crippen LogP contribution >= 0.6 is 11.6 Å². The number of ether oxygens (including phenoxy) is 2. The van der Waals surface area contributed by atoms with Gasteiger partial charge in [0.05, 0.1) is 35.4 Å². The molecule has 0 amide bonds. The fourth-order valence-corrected chi connectivity index (χ4v) is 4.87. The van der Waals surface area contributed by atoms with E-state index in [2.05, 4.69) is 9.88 Å². The molecule has 0 spiro atoms. The zero-order valence-corrected chi connectivity index (χ0v) is 17.9. The number of halogens is 1. The number of hydrogen-bond donors (Lipinski definition) is 0. The van der Waals surface area contributed by atoms with Gasteiger partial charge >= 0.3 is 0 Å². The highest BCUT2D eigenvalue weighted by atomic mass is 35.5. The minimum Gasteiger partial charge on any atom is -0.496 e. The number of pyridine rings is 1. The van der Waals surface area contributed by atoms with Crippen molar-refractivity contribution >= 4 is 21.4 Å². The van der Waals surface area contributed by atoms with E-state index in [1.54, 1.807) is 14.2 Å². The van der Waals surface area contributed by atoms with Crippen LogP contribution in [0.3, 0.4) is 0 Å². The fraction of sp³-hybridized carbons (Fsp3) is 0.450. The third-order valence-corrected chi connectivity index (χ3v) is 6.47. The minimum absolute atomic E-state index is 0.0952. The molecular formula is C20H25ClN2O4S. The summed E-state index contributed by atoms with van der Waals surface area (Å²) >= 11 is 5.97. The first-order valence-electron chi connectivity index (χ1n) is 9.11. The van der Waals surface area contributed by atoms with Crippen LogP contribution in [0.2, 0.25) is 5.02 Å². The number of benzene rings is 1. The maximum atomic E-state index is 12.2. The van der Waals surface area contributed by atoms with Gasteiger partial charge in [-0.2, -0.15) is 0 Å². The number of sulfone groups is 1. The zero-order valence-electron chi connectivity index (χ0n) is 16.3.